The molecule has 2 amide bonds. The number of aliphatic hydroxyl groups excluding tert-OH is 1. The van der Waals surface area contributed by atoms with Gasteiger partial charge in [-0.1, -0.05) is 58.0 Å². The van der Waals surface area contributed by atoms with Gasteiger partial charge in [0.1, 0.15) is 12.2 Å². The number of hydrogen-bond acceptors (Lipinski definition) is 12. The number of carbonyl (C=O) groups is 5. The Bertz CT molecular complexity index is 1650. The molecule has 3 fully saturated rings. The molecule has 1 saturated heterocycles. The minimum atomic E-state index is -1.76. The number of amides is 2. The summed E-state index contributed by atoms with van der Waals surface area (Å²) < 4.78 is 24.3. The summed E-state index contributed by atoms with van der Waals surface area (Å²) in [6.07, 6.45) is -6.64. The Balaban J connectivity index is 1.67. The maximum Gasteiger partial charge on any atom is 0.410 e. The number of esters is 1. The molecule has 1 heterocycles. The normalized spacial score (nSPS) is 35.4. The fourth-order valence-corrected chi connectivity index (χ4v) is 9.83. The molecule has 4 aliphatic rings. The highest BCUT2D eigenvalue weighted by Crippen LogP contribution is 2.67. The van der Waals surface area contributed by atoms with E-state index in [2.05, 4.69) is 5.23 Å². The lowest BCUT2D eigenvalue weighted by Gasteiger charge is -2.68. The van der Waals surface area contributed by atoms with Crippen molar-refractivity contribution < 1.29 is 53.1 Å². The molecule has 2 bridgehead atoms. The molecule has 1 aromatic carbocycles. The zero-order valence-corrected chi connectivity index (χ0v) is 32.4. The van der Waals surface area contributed by atoms with Gasteiger partial charge in [0.2, 0.25) is 0 Å². The van der Waals surface area contributed by atoms with Gasteiger partial charge < -0.3 is 49.0 Å². The van der Waals surface area contributed by atoms with Crippen LogP contribution in [0, 0.1) is 28.1 Å². The van der Waals surface area contributed by atoms with Crippen LogP contribution < -0.4 is 5.23 Å². The molecule has 5 rings (SSSR count). The monoisotopic (exact) mass is 739 g/mol. The number of ketones is 1. The van der Waals surface area contributed by atoms with Gasteiger partial charge in [-0.3, -0.25) is 4.79 Å². The lowest BCUT2D eigenvalue weighted by molar-refractivity contribution is -0.302. The number of carbonyl (C=O) groups excluding carboxylic acids is 5. The van der Waals surface area contributed by atoms with E-state index in [1.54, 1.807) is 72.1 Å². The van der Waals surface area contributed by atoms with Crippen LogP contribution in [0.5, 0.6) is 0 Å². The Kier molecular flexibility index (Phi) is 11.0. The van der Waals surface area contributed by atoms with E-state index < -0.39 is 94.2 Å². The zero-order valence-electron chi connectivity index (χ0n) is 32.4. The number of Topliss-reactive ketones (excluding diaryl/α,β-unsaturated/α-hetero) is 1. The van der Waals surface area contributed by atoms with Crippen molar-refractivity contribution in [1.82, 2.24) is 15.0 Å². The fourth-order valence-electron chi connectivity index (χ4n) is 9.83. The van der Waals surface area contributed by atoms with Crippen molar-refractivity contribution in [3.8, 4) is 0 Å². The highest BCUT2D eigenvalue weighted by Gasteiger charge is 2.74. The van der Waals surface area contributed by atoms with Crippen molar-refractivity contribution in [2.45, 2.75) is 96.5 Å². The SMILES string of the molecule is CC1=C2[C@@H](OC(=O)N(C)C)C(=O)[C@]3(C)[C@@H](OC(=O)N(C)C)C[C@H]4OC[C@@]4(C)[C@H]3[C@H](C)[C@](O)(C[C@@H]1OC(=O)[C@H](O)[C@@H](NBC=O)c1ccccc1)C2(C)C. The third-order valence-corrected chi connectivity index (χ3v) is 12.8. The summed E-state index contributed by atoms with van der Waals surface area (Å²) in [6, 6.07) is 7.66. The summed E-state index contributed by atoms with van der Waals surface area (Å²) in [5.74, 6) is -2.89. The first-order valence-electron chi connectivity index (χ1n) is 18.1. The van der Waals surface area contributed by atoms with Gasteiger partial charge >= 0.3 is 18.2 Å². The molecule has 1 aliphatic heterocycles. The van der Waals surface area contributed by atoms with Crippen molar-refractivity contribution in [3.63, 3.8) is 0 Å². The third kappa shape index (κ3) is 6.46. The van der Waals surface area contributed by atoms with Crippen molar-refractivity contribution in [3.05, 3.63) is 47.0 Å². The minimum Gasteiger partial charge on any atom is -0.456 e. The van der Waals surface area contributed by atoms with Crippen molar-refractivity contribution >= 4 is 37.5 Å². The first kappa shape index (κ1) is 40.4. The van der Waals surface area contributed by atoms with E-state index >= 15 is 4.79 Å². The molecular formula is C38H54BN3O11. The average Bonchev–Trinajstić information content (AvgIpc) is 3.10. The molecule has 0 radical (unpaired) electrons. The molecule has 2 saturated carbocycles. The van der Waals surface area contributed by atoms with Crippen LogP contribution in [0.3, 0.4) is 0 Å². The maximum atomic E-state index is 15.5. The van der Waals surface area contributed by atoms with Gasteiger partial charge in [0, 0.05) is 51.9 Å². The topological polar surface area (TPSA) is 181 Å². The summed E-state index contributed by atoms with van der Waals surface area (Å²) in [5.41, 5.74) is -3.88. The molecule has 14 nitrogen and oxygen atoms in total. The number of ether oxygens (including phenoxy) is 4. The second-order valence-corrected chi connectivity index (χ2v) is 16.6. The largest absolute Gasteiger partial charge is 0.456 e. The smallest absolute Gasteiger partial charge is 0.410 e. The van der Waals surface area contributed by atoms with Crippen LogP contribution in [0.4, 0.5) is 9.59 Å². The van der Waals surface area contributed by atoms with E-state index in [1.807, 2.05) is 13.8 Å². The highest BCUT2D eigenvalue weighted by atomic mass is 16.6. The molecule has 11 atom stereocenters. The molecule has 3 N–H and O–H groups in total. The van der Waals surface area contributed by atoms with E-state index in [0.29, 0.717) is 17.3 Å². The van der Waals surface area contributed by atoms with Gasteiger partial charge in [-0.2, -0.15) is 0 Å². The third-order valence-electron chi connectivity index (χ3n) is 12.8. The Hall–Kier alpha value is -3.79. The molecule has 0 spiro atoms. The van der Waals surface area contributed by atoms with Crippen molar-refractivity contribution in [2.24, 2.45) is 28.1 Å². The molecule has 3 aliphatic carbocycles. The molecule has 53 heavy (non-hydrogen) atoms. The Morgan fingerprint density at radius 2 is 1.62 bits per heavy atom. The maximum absolute atomic E-state index is 15.5. The predicted octanol–water partition coefficient (Wildman–Crippen LogP) is 2.39. The van der Waals surface area contributed by atoms with E-state index in [4.69, 9.17) is 18.9 Å². The highest BCUT2D eigenvalue weighted by molar-refractivity contribution is 6.64. The predicted molar refractivity (Wildman–Crippen MR) is 194 cm³/mol. The lowest BCUT2D eigenvalue weighted by atomic mass is 9.40. The standard InChI is InChI=1S/C38H54BN3O11/c1-20-23(51-32(46)28(44)27(40-39-19-43)22-14-12-11-13-15-22)17-38(49)21(2)30-36(5)18-50-24(36)16-25(52-33(47)41(7)8)37(30,6)31(45)29(26(20)35(38,3)4)53-34(48)42(9)10/h11-15,19,21,23-25,27-30,39-40,44,49H,16-18H2,1-10H3/t21-,23-,24+,25-,27-,28+,29+,30+,36+,37+,38+/m0/s1. The van der Waals surface area contributed by atoms with Gasteiger partial charge in [-0.05, 0) is 42.4 Å². The number of rotatable bonds is 9. The van der Waals surface area contributed by atoms with E-state index in [0.717, 1.165) is 0 Å². The summed E-state index contributed by atoms with van der Waals surface area (Å²) in [7, 11) is 5.92. The molecule has 290 valence electrons. The van der Waals surface area contributed by atoms with E-state index in [1.165, 1.54) is 23.9 Å². The van der Waals surface area contributed by atoms with Gasteiger partial charge in [0.05, 0.1) is 36.0 Å². The van der Waals surface area contributed by atoms with Crippen LogP contribution in [-0.4, -0.2) is 128 Å². The average molecular weight is 740 g/mol. The van der Waals surface area contributed by atoms with Gasteiger partial charge in [-0.15, -0.1) is 0 Å². The van der Waals surface area contributed by atoms with Crippen molar-refractivity contribution in [2.75, 3.05) is 34.8 Å². The van der Waals surface area contributed by atoms with Gasteiger partial charge in [0.15, 0.2) is 18.0 Å². The van der Waals surface area contributed by atoms with Crippen LogP contribution in [0.1, 0.15) is 66.0 Å². The van der Waals surface area contributed by atoms with E-state index in [9.17, 15) is 29.4 Å². The number of aliphatic hydroxyl groups is 2. The lowest BCUT2D eigenvalue weighted by Crippen LogP contribution is -2.75. The second-order valence-electron chi connectivity index (χ2n) is 16.6. The number of benzene rings is 1. The van der Waals surface area contributed by atoms with Gasteiger partial charge in [-0.25, -0.2) is 14.4 Å². The van der Waals surface area contributed by atoms with Crippen LogP contribution in [0.15, 0.2) is 41.5 Å². The number of nitrogens with one attached hydrogen (secondary N) is 1. The summed E-state index contributed by atoms with van der Waals surface area (Å²) in [6.45, 7) is 11.1. The van der Waals surface area contributed by atoms with Crippen molar-refractivity contribution in [1.29, 1.82) is 0 Å². The Morgan fingerprint density at radius 3 is 2.17 bits per heavy atom. The molecule has 15 heteroatoms. The van der Waals surface area contributed by atoms with E-state index in [-0.39, 0.29) is 32.4 Å². The summed E-state index contributed by atoms with van der Waals surface area (Å²) >= 11 is 0. The Labute approximate surface area is 311 Å². The van der Waals surface area contributed by atoms with Gasteiger partial charge in [0.25, 0.3) is 7.41 Å². The van der Waals surface area contributed by atoms with Crippen LogP contribution >= 0.6 is 0 Å². The Morgan fingerprint density at radius 1 is 1.02 bits per heavy atom. The fraction of sp³-hybridized carbons (Fsp3) is 0.658. The molecule has 0 aromatic heterocycles. The molecule has 0 unspecified atom stereocenters. The molecular weight excluding hydrogens is 685 g/mol. The number of fused-ring (bicyclic) bond motifs is 5. The quantitative estimate of drug-likeness (QED) is 0.111. The minimum absolute atomic E-state index is 0.119. The van der Waals surface area contributed by atoms with Crippen LogP contribution in [0.2, 0.25) is 0 Å². The van der Waals surface area contributed by atoms with Crippen LogP contribution in [0.25, 0.3) is 0 Å². The molecule has 1 aromatic rings. The zero-order chi connectivity index (χ0) is 39.4. The second kappa shape index (κ2) is 14.5. The first-order chi connectivity index (χ1) is 24.7. The summed E-state index contributed by atoms with van der Waals surface area (Å²) in [4.78, 5) is 69.7. The first-order valence-corrected chi connectivity index (χ1v) is 18.1. The number of nitrogens with zero attached hydrogens (tertiary/aromatic N) is 2. The van der Waals surface area contributed by atoms with Crippen LogP contribution in [-0.2, 0) is 33.3 Å². The summed E-state index contributed by atoms with van der Waals surface area (Å²) in [5, 5.41) is 27.6. The number of hydrogen-bond donors (Lipinski definition) is 3.